The standard InChI is InChI=1S/C23H29FN2O3S/c1-18(11-12-19-7-3-2-4-8-19)25-23(27)20-13-15-26(16-14-20)30(28,29)17-21-9-5-6-10-22(21)24/h2-10,18,20H,11-17H2,1H3,(H,25,27)/t18-/m1/s1. The molecule has 0 spiro atoms. The average Bonchev–Trinajstić information content (AvgIpc) is 2.74. The molecule has 1 atom stereocenters. The van der Waals surface area contributed by atoms with Crippen LogP contribution in [0.15, 0.2) is 54.6 Å². The first kappa shape index (κ1) is 22.4. The molecule has 0 bridgehead atoms. The largest absolute Gasteiger partial charge is 0.353 e. The highest BCUT2D eigenvalue weighted by molar-refractivity contribution is 7.88. The summed E-state index contributed by atoms with van der Waals surface area (Å²) in [7, 11) is -3.61. The maximum Gasteiger partial charge on any atom is 0.223 e. The molecule has 1 heterocycles. The first-order valence-corrected chi connectivity index (χ1v) is 12.0. The molecule has 2 aromatic rings. The molecule has 1 fully saturated rings. The number of halogens is 1. The van der Waals surface area contributed by atoms with E-state index in [4.69, 9.17) is 0 Å². The van der Waals surface area contributed by atoms with Crippen molar-refractivity contribution in [3.63, 3.8) is 0 Å². The lowest BCUT2D eigenvalue weighted by molar-refractivity contribution is -0.126. The van der Waals surface area contributed by atoms with Crippen molar-refractivity contribution in [3.8, 4) is 0 Å². The molecule has 1 N–H and O–H groups in total. The molecule has 7 heteroatoms. The van der Waals surface area contributed by atoms with Gasteiger partial charge in [0.25, 0.3) is 0 Å². The van der Waals surface area contributed by atoms with Crippen LogP contribution in [0.5, 0.6) is 0 Å². The zero-order chi connectivity index (χ0) is 21.6. The Morgan fingerprint density at radius 2 is 1.73 bits per heavy atom. The Balaban J connectivity index is 1.46. The number of hydrogen-bond donors (Lipinski definition) is 1. The van der Waals surface area contributed by atoms with Crippen LogP contribution in [0.3, 0.4) is 0 Å². The normalized spacial score (nSPS) is 16.9. The van der Waals surface area contributed by atoms with Crippen LogP contribution in [0.2, 0.25) is 0 Å². The van der Waals surface area contributed by atoms with Crippen molar-refractivity contribution in [2.75, 3.05) is 13.1 Å². The molecular formula is C23H29FN2O3S. The van der Waals surface area contributed by atoms with Gasteiger partial charge in [-0.2, -0.15) is 0 Å². The molecule has 3 rings (SSSR count). The predicted molar refractivity (Wildman–Crippen MR) is 116 cm³/mol. The molecule has 1 aliphatic rings. The van der Waals surface area contributed by atoms with E-state index in [0.29, 0.717) is 12.8 Å². The summed E-state index contributed by atoms with van der Waals surface area (Å²) in [4.78, 5) is 12.6. The SMILES string of the molecule is C[C@H](CCc1ccccc1)NC(=O)C1CCN(S(=O)(=O)Cc2ccccc2F)CC1. The van der Waals surface area contributed by atoms with Gasteiger partial charge in [-0.3, -0.25) is 4.79 Å². The van der Waals surface area contributed by atoms with Crippen molar-refractivity contribution in [2.45, 2.75) is 44.4 Å². The number of aryl methyl sites for hydroxylation is 1. The van der Waals surface area contributed by atoms with Crippen molar-refractivity contribution in [1.29, 1.82) is 0 Å². The van der Waals surface area contributed by atoms with Crippen molar-refractivity contribution in [2.24, 2.45) is 5.92 Å². The maximum absolute atomic E-state index is 13.8. The Kier molecular flexibility index (Phi) is 7.61. The van der Waals surface area contributed by atoms with E-state index in [9.17, 15) is 17.6 Å². The van der Waals surface area contributed by atoms with Gasteiger partial charge in [0.15, 0.2) is 0 Å². The highest BCUT2D eigenvalue weighted by Crippen LogP contribution is 2.23. The molecule has 0 radical (unpaired) electrons. The Bertz CT molecular complexity index is 942. The van der Waals surface area contributed by atoms with Crippen LogP contribution in [0.25, 0.3) is 0 Å². The second-order valence-electron chi connectivity index (χ2n) is 7.95. The molecule has 30 heavy (non-hydrogen) atoms. The lowest BCUT2D eigenvalue weighted by atomic mass is 9.96. The van der Waals surface area contributed by atoms with Gasteiger partial charge >= 0.3 is 0 Å². The summed E-state index contributed by atoms with van der Waals surface area (Å²) in [5, 5.41) is 3.06. The fourth-order valence-corrected chi connectivity index (χ4v) is 5.34. The van der Waals surface area contributed by atoms with Crippen LogP contribution in [0.4, 0.5) is 4.39 Å². The van der Waals surface area contributed by atoms with Gasteiger partial charge in [0.1, 0.15) is 5.82 Å². The highest BCUT2D eigenvalue weighted by Gasteiger charge is 2.31. The van der Waals surface area contributed by atoms with Crippen molar-refractivity contribution < 1.29 is 17.6 Å². The molecule has 162 valence electrons. The number of piperidine rings is 1. The summed E-state index contributed by atoms with van der Waals surface area (Å²) >= 11 is 0. The summed E-state index contributed by atoms with van der Waals surface area (Å²) in [6, 6.07) is 16.1. The molecule has 0 unspecified atom stereocenters. The number of carbonyl (C=O) groups excluding carboxylic acids is 1. The Labute approximate surface area is 178 Å². The van der Waals surface area contributed by atoms with Gasteiger partial charge in [-0.25, -0.2) is 17.1 Å². The Morgan fingerprint density at radius 1 is 1.10 bits per heavy atom. The first-order chi connectivity index (χ1) is 14.3. The van der Waals surface area contributed by atoms with Gasteiger partial charge in [0.2, 0.25) is 15.9 Å². The van der Waals surface area contributed by atoms with E-state index in [0.717, 1.165) is 12.8 Å². The fourth-order valence-electron chi connectivity index (χ4n) is 3.76. The van der Waals surface area contributed by atoms with Crippen LogP contribution in [0.1, 0.15) is 37.3 Å². The zero-order valence-electron chi connectivity index (χ0n) is 17.3. The van der Waals surface area contributed by atoms with Crippen LogP contribution < -0.4 is 5.32 Å². The summed E-state index contributed by atoms with van der Waals surface area (Å²) in [6.07, 6.45) is 2.71. The van der Waals surface area contributed by atoms with Crippen LogP contribution in [-0.2, 0) is 27.0 Å². The van der Waals surface area contributed by atoms with E-state index in [1.807, 2.05) is 25.1 Å². The van der Waals surface area contributed by atoms with Crippen LogP contribution in [-0.4, -0.2) is 37.8 Å². The number of benzene rings is 2. The molecular weight excluding hydrogens is 403 g/mol. The monoisotopic (exact) mass is 432 g/mol. The van der Waals surface area contributed by atoms with E-state index in [1.165, 1.54) is 28.1 Å². The highest BCUT2D eigenvalue weighted by atomic mass is 32.2. The molecule has 0 saturated carbocycles. The van der Waals surface area contributed by atoms with Gasteiger partial charge in [-0.1, -0.05) is 48.5 Å². The number of nitrogens with zero attached hydrogens (tertiary/aromatic N) is 1. The number of sulfonamides is 1. The van der Waals surface area contributed by atoms with E-state index in [2.05, 4.69) is 17.4 Å². The van der Waals surface area contributed by atoms with E-state index >= 15 is 0 Å². The first-order valence-electron chi connectivity index (χ1n) is 10.4. The minimum absolute atomic E-state index is 0.0123. The summed E-state index contributed by atoms with van der Waals surface area (Å²) in [5.41, 5.74) is 1.41. The third kappa shape index (κ3) is 6.12. The Morgan fingerprint density at radius 3 is 2.40 bits per heavy atom. The molecule has 1 amide bonds. The minimum atomic E-state index is -3.61. The molecule has 1 saturated heterocycles. The Hall–Kier alpha value is -2.25. The predicted octanol–water partition coefficient (Wildman–Crippen LogP) is 3.51. The molecule has 2 aromatic carbocycles. The lowest BCUT2D eigenvalue weighted by Crippen LogP contribution is -2.45. The van der Waals surface area contributed by atoms with Crippen molar-refractivity contribution in [1.82, 2.24) is 9.62 Å². The number of nitrogens with one attached hydrogen (secondary N) is 1. The van der Waals surface area contributed by atoms with Crippen molar-refractivity contribution in [3.05, 3.63) is 71.5 Å². The van der Waals surface area contributed by atoms with Gasteiger partial charge in [-0.15, -0.1) is 0 Å². The fraction of sp³-hybridized carbons (Fsp3) is 0.435. The maximum atomic E-state index is 13.8. The second-order valence-corrected chi connectivity index (χ2v) is 9.92. The molecule has 0 aromatic heterocycles. The van der Waals surface area contributed by atoms with Crippen LogP contribution >= 0.6 is 0 Å². The summed E-state index contributed by atoms with van der Waals surface area (Å²) in [5.74, 6) is -1.07. The van der Waals surface area contributed by atoms with Gasteiger partial charge in [-0.05, 0) is 44.2 Å². The molecule has 1 aliphatic heterocycles. The average molecular weight is 433 g/mol. The van der Waals surface area contributed by atoms with Crippen molar-refractivity contribution >= 4 is 15.9 Å². The zero-order valence-corrected chi connectivity index (χ0v) is 18.1. The summed E-state index contributed by atoms with van der Waals surface area (Å²) < 4.78 is 40.5. The second kappa shape index (κ2) is 10.2. The number of rotatable bonds is 8. The van der Waals surface area contributed by atoms with Gasteiger partial charge < -0.3 is 5.32 Å². The number of hydrogen-bond acceptors (Lipinski definition) is 3. The van der Waals surface area contributed by atoms with E-state index in [-0.39, 0.29) is 42.3 Å². The third-order valence-corrected chi connectivity index (χ3v) is 7.44. The quantitative estimate of drug-likeness (QED) is 0.694. The minimum Gasteiger partial charge on any atom is -0.353 e. The van der Waals surface area contributed by atoms with Gasteiger partial charge in [0, 0.05) is 30.6 Å². The summed E-state index contributed by atoms with van der Waals surface area (Å²) in [6.45, 7) is 2.56. The van der Waals surface area contributed by atoms with Gasteiger partial charge in [0.05, 0.1) is 5.75 Å². The van der Waals surface area contributed by atoms with Crippen LogP contribution in [0, 0.1) is 11.7 Å². The smallest absolute Gasteiger partial charge is 0.223 e. The van der Waals surface area contributed by atoms with E-state index in [1.54, 1.807) is 6.07 Å². The number of amides is 1. The van der Waals surface area contributed by atoms with E-state index < -0.39 is 15.8 Å². The number of carbonyl (C=O) groups is 1. The lowest BCUT2D eigenvalue weighted by Gasteiger charge is -2.31. The molecule has 0 aliphatic carbocycles. The topological polar surface area (TPSA) is 66.5 Å². The third-order valence-electron chi connectivity index (χ3n) is 5.61. The molecule has 5 nitrogen and oxygen atoms in total.